The maximum atomic E-state index is 13.4. The first kappa shape index (κ1) is 24.0. The van der Waals surface area contributed by atoms with Crippen molar-refractivity contribution in [2.75, 3.05) is 18.6 Å². The molecule has 0 radical (unpaired) electrons. The highest BCUT2D eigenvalue weighted by Crippen LogP contribution is 2.27. The van der Waals surface area contributed by atoms with Crippen LogP contribution in [0.3, 0.4) is 0 Å². The second kappa shape index (κ2) is 10.8. The van der Waals surface area contributed by atoms with E-state index in [1.165, 1.54) is 24.3 Å². The number of carbonyl (C=O) groups excluding carboxylic acids is 1. The highest BCUT2D eigenvalue weighted by Gasteiger charge is 2.35. The lowest BCUT2D eigenvalue weighted by Gasteiger charge is -2.32. The minimum atomic E-state index is -1.22. The Hall–Kier alpha value is -3.69. The summed E-state index contributed by atoms with van der Waals surface area (Å²) in [5.74, 6) is -0.281. The molecule has 0 N–H and O–H groups in total. The number of carbonyl (C=O) groups is 1. The number of nitrogens with zero attached hydrogens (tertiary/aromatic N) is 2. The minimum absolute atomic E-state index is 0.182. The number of methoxy groups -OCH3 is 1. The van der Waals surface area contributed by atoms with Gasteiger partial charge in [0.1, 0.15) is 11.6 Å². The fraction of sp³-hybridized carbons (Fsp3) is 0.259. The lowest BCUT2D eigenvalue weighted by molar-refractivity contribution is -0.131. The predicted octanol–water partition coefficient (Wildman–Crippen LogP) is 5.74. The maximum Gasteiger partial charge on any atom is 0.270 e. The van der Waals surface area contributed by atoms with Gasteiger partial charge >= 0.3 is 0 Å². The van der Waals surface area contributed by atoms with E-state index in [0.29, 0.717) is 18.0 Å². The second-order valence-electron chi connectivity index (χ2n) is 8.11. The van der Waals surface area contributed by atoms with Crippen molar-refractivity contribution >= 4 is 11.6 Å². The Morgan fingerprint density at radius 3 is 2.09 bits per heavy atom. The van der Waals surface area contributed by atoms with E-state index in [1.54, 1.807) is 25.9 Å². The molecule has 0 spiro atoms. The summed E-state index contributed by atoms with van der Waals surface area (Å²) in [5, 5.41) is 9.10. The third-order valence-electron chi connectivity index (χ3n) is 5.17. The summed E-state index contributed by atoms with van der Waals surface area (Å²) < 4.78 is 24.2. The summed E-state index contributed by atoms with van der Waals surface area (Å²) in [6.07, 6.45) is 0.182. The number of benzene rings is 3. The Balaban J connectivity index is 1.81. The molecule has 0 aliphatic heterocycles. The number of ether oxygens (including phenoxy) is 2. The SMILES string of the molecule is COCc1ccc(-c2ccc(N(CCC#N)C(=O)C(C)(C)Oc3ccc(F)cc3)cc2)cc1. The van der Waals surface area contributed by atoms with Crippen LogP contribution in [0.2, 0.25) is 0 Å². The molecular formula is C27H27FN2O3. The smallest absolute Gasteiger partial charge is 0.270 e. The van der Waals surface area contributed by atoms with Gasteiger partial charge in [-0.25, -0.2) is 4.39 Å². The van der Waals surface area contributed by atoms with Crippen LogP contribution in [-0.4, -0.2) is 25.2 Å². The lowest BCUT2D eigenvalue weighted by Crippen LogP contribution is -2.49. The van der Waals surface area contributed by atoms with Gasteiger partial charge in [0.2, 0.25) is 0 Å². The quantitative estimate of drug-likeness (QED) is 0.420. The third kappa shape index (κ3) is 6.18. The molecule has 0 aliphatic rings. The Kier molecular flexibility index (Phi) is 7.81. The number of hydrogen-bond donors (Lipinski definition) is 0. The largest absolute Gasteiger partial charge is 0.478 e. The summed E-state index contributed by atoms with van der Waals surface area (Å²) in [5.41, 5.74) is 2.61. The summed E-state index contributed by atoms with van der Waals surface area (Å²) in [4.78, 5) is 15.0. The number of anilines is 1. The van der Waals surface area contributed by atoms with E-state index in [9.17, 15) is 9.18 Å². The Morgan fingerprint density at radius 1 is 0.970 bits per heavy atom. The first-order chi connectivity index (χ1) is 15.8. The summed E-state index contributed by atoms with van der Waals surface area (Å²) in [6.45, 7) is 4.11. The van der Waals surface area contributed by atoms with Gasteiger partial charge in [-0.15, -0.1) is 0 Å². The van der Waals surface area contributed by atoms with Crippen molar-refractivity contribution in [2.45, 2.75) is 32.5 Å². The Morgan fingerprint density at radius 2 is 1.55 bits per heavy atom. The number of nitriles is 1. The molecule has 3 aromatic rings. The molecular weight excluding hydrogens is 419 g/mol. The second-order valence-corrected chi connectivity index (χ2v) is 8.11. The molecule has 3 aromatic carbocycles. The molecule has 0 atom stereocenters. The highest BCUT2D eigenvalue weighted by molar-refractivity contribution is 5.99. The Labute approximate surface area is 194 Å². The molecule has 0 aromatic heterocycles. The third-order valence-corrected chi connectivity index (χ3v) is 5.17. The maximum absolute atomic E-state index is 13.4. The first-order valence-corrected chi connectivity index (χ1v) is 10.7. The van der Waals surface area contributed by atoms with E-state index in [1.807, 2.05) is 48.5 Å². The molecule has 3 rings (SSSR count). The van der Waals surface area contributed by atoms with E-state index in [-0.39, 0.29) is 24.7 Å². The first-order valence-electron chi connectivity index (χ1n) is 10.7. The fourth-order valence-electron chi connectivity index (χ4n) is 3.47. The van der Waals surface area contributed by atoms with Crippen LogP contribution >= 0.6 is 0 Å². The van der Waals surface area contributed by atoms with Gasteiger partial charge in [-0.2, -0.15) is 5.26 Å². The highest BCUT2D eigenvalue weighted by atomic mass is 19.1. The number of hydrogen-bond acceptors (Lipinski definition) is 4. The molecule has 0 heterocycles. The summed E-state index contributed by atoms with van der Waals surface area (Å²) in [7, 11) is 1.66. The van der Waals surface area contributed by atoms with Crippen molar-refractivity contribution in [3.05, 3.63) is 84.2 Å². The zero-order chi connectivity index (χ0) is 23.8. The van der Waals surface area contributed by atoms with Crippen LogP contribution in [0.4, 0.5) is 10.1 Å². The van der Waals surface area contributed by atoms with Crippen LogP contribution in [0.1, 0.15) is 25.8 Å². The van der Waals surface area contributed by atoms with Crippen LogP contribution < -0.4 is 9.64 Å². The van der Waals surface area contributed by atoms with E-state index in [0.717, 1.165) is 16.7 Å². The summed E-state index contributed by atoms with van der Waals surface area (Å²) in [6, 6.07) is 23.3. The average molecular weight is 447 g/mol. The van der Waals surface area contributed by atoms with E-state index >= 15 is 0 Å². The molecule has 0 aliphatic carbocycles. The zero-order valence-electron chi connectivity index (χ0n) is 19.0. The van der Waals surface area contributed by atoms with Crippen molar-refractivity contribution in [1.82, 2.24) is 0 Å². The van der Waals surface area contributed by atoms with E-state index in [2.05, 4.69) is 6.07 Å². The molecule has 0 bridgehead atoms. The van der Waals surface area contributed by atoms with Gasteiger partial charge in [0.15, 0.2) is 5.60 Å². The molecule has 0 fully saturated rings. The topological polar surface area (TPSA) is 62.6 Å². The molecule has 0 saturated carbocycles. The molecule has 0 saturated heterocycles. The van der Waals surface area contributed by atoms with Gasteiger partial charge in [-0.1, -0.05) is 36.4 Å². The van der Waals surface area contributed by atoms with Gasteiger partial charge < -0.3 is 14.4 Å². The standard InChI is InChI=1S/C27H27FN2O3/c1-27(2,33-25-15-11-23(28)12-16-25)26(31)30(18-4-17-29)24-13-9-22(10-14-24)21-7-5-20(6-8-21)19-32-3/h5-16H,4,18-19H2,1-3H3. The lowest BCUT2D eigenvalue weighted by atomic mass is 10.0. The van der Waals surface area contributed by atoms with Gasteiger partial charge in [-0.05, 0) is 66.9 Å². The van der Waals surface area contributed by atoms with Crippen molar-refractivity contribution in [3.63, 3.8) is 0 Å². The molecule has 6 heteroatoms. The van der Waals surface area contributed by atoms with Gasteiger partial charge in [-0.3, -0.25) is 4.79 Å². The zero-order valence-corrected chi connectivity index (χ0v) is 19.0. The summed E-state index contributed by atoms with van der Waals surface area (Å²) >= 11 is 0. The van der Waals surface area contributed by atoms with Crippen LogP contribution in [0.25, 0.3) is 11.1 Å². The average Bonchev–Trinajstić information content (AvgIpc) is 2.82. The van der Waals surface area contributed by atoms with Crippen molar-refractivity contribution in [1.29, 1.82) is 5.26 Å². The van der Waals surface area contributed by atoms with Crippen molar-refractivity contribution in [3.8, 4) is 22.9 Å². The Bertz CT molecular complexity index is 1100. The molecule has 0 unspecified atom stereocenters. The van der Waals surface area contributed by atoms with Crippen LogP contribution in [0, 0.1) is 17.1 Å². The monoisotopic (exact) mass is 446 g/mol. The van der Waals surface area contributed by atoms with Gasteiger partial charge in [0, 0.05) is 19.3 Å². The van der Waals surface area contributed by atoms with Crippen molar-refractivity contribution < 1.29 is 18.7 Å². The number of halogens is 1. The molecule has 170 valence electrons. The van der Waals surface area contributed by atoms with Crippen LogP contribution in [0.5, 0.6) is 5.75 Å². The van der Waals surface area contributed by atoms with E-state index in [4.69, 9.17) is 14.7 Å². The molecule has 5 nitrogen and oxygen atoms in total. The number of rotatable bonds is 9. The van der Waals surface area contributed by atoms with E-state index < -0.39 is 5.60 Å². The van der Waals surface area contributed by atoms with Crippen LogP contribution in [0.15, 0.2) is 72.8 Å². The minimum Gasteiger partial charge on any atom is -0.478 e. The molecule has 1 amide bonds. The number of amides is 1. The van der Waals surface area contributed by atoms with Crippen molar-refractivity contribution in [2.24, 2.45) is 0 Å². The predicted molar refractivity (Wildman–Crippen MR) is 126 cm³/mol. The van der Waals surface area contributed by atoms with Crippen LogP contribution in [-0.2, 0) is 16.1 Å². The van der Waals surface area contributed by atoms with Gasteiger partial charge in [0.05, 0.1) is 19.1 Å². The normalized spacial score (nSPS) is 11.0. The molecule has 33 heavy (non-hydrogen) atoms. The fourth-order valence-corrected chi connectivity index (χ4v) is 3.47. The van der Waals surface area contributed by atoms with Gasteiger partial charge in [0.25, 0.3) is 5.91 Å².